The highest BCUT2D eigenvalue weighted by Crippen LogP contribution is 2.34. The average Bonchev–Trinajstić information content (AvgIpc) is 2.43. The van der Waals surface area contributed by atoms with Crippen LogP contribution in [0.15, 0.2) is 18.2 Å². The van der Waals surface area contributed by atoms with E-state index in [1.807, 2.05) is 0 Å². The van der Waals surface area contributed by atoms with Crippen LogP contribution in [0.4, 0.5) is 16.2 Å². The topological polar surface area (TPSA) is 70.7 Å². The maximum absolute atomic E-state index is 11.9. The highest BCUT2D eigenvalue weighted by atomic mass is 16.5. The van der Waals surface area contributed by atoms with Gasteiger partial charge >= 0.3 is 6.03 Å². The molecule has 3 amide bonds. The van der Waals surface area contributed by atoms with Crippen LogP contribution in [-0.4, -0.2) is 31.6 Å². The van der Waals surface area contributed by atoms with Gasteiger partial charge in [0, 0.05) is 25.2 Å². The van der Waals surface area contributed by atoms with Crippen molar-refractivity contribution in [2.45, 2.75) is 27.7 Å². The summed E-state index contributed by atoms with van der Waals surface area (Å²) in [5, 5.41) is 5.60. The predicted molar refractivity (Wildman–Crippen MR) is 86.4 cm³/mol. The van der Waals surface area contributed by atoms with Crippen LogP contribution in [0, 0.1) is 5.41 Å². The molecule has 2 N–H and O–H groups in total. The van der Waals surface area contributed by atoms with Crippen LogP contribution in [0.25, 0.3) is 0 Å². The lowest BCUT2D eigenvalue weighted by molar-refractivity contribution is -0.116. The van der Waals surface area contributed by atoms with Crippen molar-refractivity contribution in [1.82, 2.24) is 5.32 Å². The number of nitrogens with zero attached hydrogens (tertiary/aromatic N) is 1. The molecule has 1 aromatic carbocycles. The zero-order valence-corrected chi connectivity index (χ0v) is 13.5. The maximum atomic E-state index is 11.9. The highest BCUT2D eigenvalue weighted by molar-refractivity contribution is 5.95. The van der Waals surface area contributed by atoms with Crippen LogP contribution in [-0.2, 0) is 4.79 Å². The number of rotatable bonds is 2. The zero-order valence-electron chi connectivity index (χ0n) is 13.5. The second kappa shape index (κ2) is 6.25. The second-order valence-corrected chi connectivity index (χ2v) is 6.57. The van der Waals surface area contributed by atoms with E-state index in [1.165, 1.54) is 6.92 Å². The molecule has 1 aliphatic rings. The Morgan fingerprint density at radius 2 is 2.05 bits per heavy atom. The first-order valence-electron chi connectivity index (χ1n) is 7.36. The van der Waals surface area contributed by atoms with Crippen molar-refractivity contribution in [1.29, 1.82) is 0 Å². The first kappa shape index (κ1) is 16.1. The van der Waals surface area contributed by atoms with Crippen LogP contribution in [0.2, 0.25) is 0 Å². The van der Waals surface area contributed by atoms with E-state index in [2.05, 4.69) is 31.4 Å². The Balaban J connectivity index is 2.05. The highest BCUT2D eigenvalue weighted by Gasteiger charge is 2.21. The number of hydrogen-bond donors (Lipinski definition) is 2. The Kier molecular flexibility index (Phi) is 4.59. The van der Waals surface area contributed by atoms with Crippen molar-refractivity contribution in [2.75, 3.05) is 29.9 Å². The number of amides is 3. The molecule has 6 nitrogen and oxygen atoms in total. The summed E-state index contributed by atoms with van der Waals surface area (Å²) < 4.78 is 5.57. The molecule has 0 spiro atoms. The van der Waals surface area contributed by atoms with E-state index in [0.717, 1.165) is 5.69 Å². The van der Waals surface area contributed by atoms with Crippen LogP contribution >= 0.6 is 0 Å². The number of nitrogens with one attached hydrogen (secondary N) is 2. The van der Waals surface area contributed by atoms with Gasteiger partial charge in [0.05, 0.1) is 12.2 Å². The number of hydrogen-bond acceptors (Lipinski definition) is 3. The number of anilines is 2. The molecule has 0 saturated heterocycles. The SMILES string of the molecule is CC(=O)N1CCOc2cc(NC(=O)NCC(C)(C)C)ccc21. The number of carbonyl (C=O) groups is 2. The van der Waals surface area contributed by atoms with E-state index >= 15 is 0 Å². The van der Waals surface area contributed by atoms with Gasteiger partial charge in [0.2, 0.25) is 5.91 Å². The fourth-order valence-corrected chi connectivity index (χ4v) is 2.15. The van der Waals surface area contributed by atoms with E-state index in [1.54, 1.807) is 23.1 Å². The Labute approximate surface area is 130 Å². The lowest BCUT2D eigenvalue weighted by Gasteiger charge is -2.29. The molecule has 0 saturated carbocycles. The van der Waals surface area contributed by atoms with Gasteiger partial charge in [0.15, 0.2) is 0 Å². The fourth-order valence-electron chi connectivity index (χ4n) is 2.15. The molecule has 0 unspecified atom stereocenters. The van der Waals surface area contributed by atoms with Gasteiger partial charge < -0.3 is 20.3 Å². The molecular weight excluding hydrogens is 282 g/mol. The minimum atomic E-state index is -0.255. The summed E-state index contributed by atoms with van der Waals surface area (Å²) in [5.74, 6) is 0.586. The normalized spacial score (nSPS) is 13.9. The maximum Gasteiger partial charge on any atom is 0.319 e. The molecule has 0 radical (unpaired) electrons. The third-order valence-corrected chi connectivity index (χ3v) is 3.24. The van der Waals surface area contributed by atoms with Gasteiger partial charge in [-0.3, -0.25) is 4.79 Å². The molecule has 0 atom stereocenters. The summed E-state index contributed by atoms with van der Waals surface area (Å²) in [6.45, 7) is 9.26. The summed E-state index contributed by atoms with van der Waals surface area (Å²) in [7, 11) is 0. The van der Waals surface area contributed by atoms with E-state index in [4.69, 9.17) is 4.74 Å². The van der Waals surface area contributed by atoms with Crippen LogP contribution in [0.3, 0.4) is 0 Å². The second-order valence-electron chi connectivity index (χ2n) is 6.57. The first-order chi connectivity index (χ1) is 10.3. The minimum absolute atomic E-state index is 0.0202. The molecule has 0 bridgehead atoms. The van der Waals surface area contributed by atoms with E-state index in [9.17, 15) is 9.59 Å². The molecule has 22 heavy (non-hydrogen) atoms. The van der Waals surface area contributed by atoms with Crippen LogP contribution < -0.4 is 20.3 Å². The average molecular weight is 305 g/mol. The van der Waals surface area contributed by atoms with Crippen LogP contribution in [0.5, 0.6) is 5.75 Å². The summed E-state index contributed by atoms with van der Waals surface area (Å²) in [6, 6.07) is 5.03. The largest absolute Gasteiger partial charge is 0.489 e. The van der Waals surface area contributed by atoms with E-state index < -0.39 is 0 Å². The quantitative estimate of drug-likeness (QED) is 0.882. The number of ether oxygens (including phenoxy) is 1. The van der Waals surface area contributed by atoms with Crippen molar-refractivity contribution in [3.8, 4) is 5.75 Å². The number of urea groups is 1. The zero-order chi connectivity index (χ0) is 16.3. The first-order valence-corrected chi connectivity index (χ1v) is 7.36. The number of carbonyl (C=O) groups excluding carboxylic acids is 2. The standard InChI is InChI=1S/C16H23N3O3/c1-11(20)19-7-8-22-14-9-12(5-6-13(14)19)18-15(21)17-10-16(2,3)4/h5-6,9H,7-8,10H2,1-4H3,(H2,17,18,21). The van der Waals surface area contributed by atoms with Crippen molar-refractivity contribution < 1.29 is 14.3 Å². The Bertz CT molecular complexity index is 578. The molecule has 0 aromatic heterocycles. The summed E-state index contributed by atoms with van der Waals surface area (Å²) >= 11 is 0. The smallest absolute Gasteiger partial charge is 0.319 e. The minimum Gasteiger partial charge on any atom is -0.489 e. The van der Waals surface area contributed by atoms with E-state index in [0.29, 0.717) is 31.1 Å². The lowest BCUT2D eigenvalue weighted by Crippen LogP contribution is -2.37. The predicted octanol–water partition coefficient (Wildman–Crippen LogP) is 2.60. The molecule has 1 aliphatic heterocycles. The summed E-state index contributed by atoms with van der Waals surface area (Å²) in [6.07, 6.45) is 0. The summed E-state index contributed by atoms with van der Waals surface area (Å²) in [4.78, 5) is 25.1. The lowest BCUT2D eigenvalue weighted by atomic mass is 9.97. The molecular formula is C16H23N3O3. The van der Waals surface area contributed by atoms with Crippen molar-refractivity contribution in [3.63, 3.8) is 0 Å². The van der Waals surface area contributed by atoms with Crippen LogP contribution in [0.1, 0.15) is 27.7 Å². The van der Waals surface area contributed by atoms with Gasteiger partial charge in [-0.15, -0.1) is 0 Å². The Morgan fingerprint density at radius 3 is 2.68 bits per heavy atom. The third-order valence-electron chi connectivity index (χ3n) is 3.24. The molecule has 120 valence electrons. The van der Waals surface area contributed by atoms with Gasteiger partial charge in [-0.2, -0.15) is 0 Å². The van der Waals surface area contributed by atoms with Crippen molar-refractivity contribution >= 4 is 23.3 Å². The van der Waals surface area contributed by atoms with Crippen molar-refractivity contribution in [3.05, 3.63) is 18.2 Å². The Hall–Kier alpha value is -2.24. The van der Waals surface area contributed by atoms with Gasteiger partial charge in [-0.1, -0.05) is 20.8 Å². The van der Waals surface area contributed by atoms with Gasteiger partial charge in [0.1, 0.15) is 12.4 Å². The van der Waals surface area contributed by atoms with E-state index in [-0.39, 0.29) is 17.4 Å². The van der Waals surface area contributed by atoms with Gasteiger partial charge in [0.25, 0.3) is 0 Å². The van der Waals surface area contributed by atoms with Crippen molar-refractivity contribution in [2.24, 2.45) is 5.41 Å². The summed E-state index contributed by atoms with van der Waals surface area (Å²) in [5.41, 5.74) is 1.40. The third kappa shape index (κ3) is 4.13. The fraction of sp³-hybridized carbons (Fsp3) is 0.500. The molecule has 0 aliphatic carbocycles. The molecule has 0 fully saturated rings. The monoisotopic (exact) mass is 305 g/mol. The van der Waals surface area contributed by atoms with Gasteiger partial charge in [-0.25, -0.2) is 4.79 Å². The van der Waals surface area contributed by atoms with Gasteiger partial charge in [-0.05, 0) is 17.5 Å². The molecule has 1 aromatic rings. The molecule has 1 heterocycles. The number of fused-ring (bicyclic) bond motifs is 1. The number of benzene rings is 1. The molecule has 6 heteroatoms. The molecule has 2 rings (SSSR count). The Morgan fingerprint density at radius 1 is 1.32 bits per heavy atom.